The van der Waals surface area contributed by atoms with Crippen LogP contribution >= 0.6 is 23.4 Å². The van der Waals surface area contributed by atoms with Gasteiger partial charge in [0.25, 0.3) is 0 Å². The van der Waals surface area contributed by atoms with Gasteiger partial charge in [-0.15, -0.1) is 11.8 Å². The van der Waals surface area contributed by atoms with Crippen LogP contribution in [-0.4, -0.2) is 34.4 Å². The Morgan fingerprint density at radius 1 is 1.50 bits per heavy atom. The van der Waals surface area contributed by atoms with Crippen molar-refractivity contribution in [3.05, 3.63) is 34.7 Å². The summed E-state index contributed by atoms with van der Waals surface area (Å²) >= 11 is 7.25. The molecule has 22 heavy (non-hydrogen) atoms. The van der Waals surface area contributed by atoms with Gasteiger partial charge in [-0.1, -0.05) is 11.6 Å². The first kappa shape index (κ1) is 16.3. The molecule has 0 atom stereocenters. The average Bonchev–Trinajstić information content (AvgIpc) is 2.49. The van der Waals surface area contributed by atoms with Crippen LogP contribution in [0.5, 0.6) is 5.75 Å². The molecule has 0 aliphatic carbocycles. The number of anilines is 2. The van der Waals surface area contributed by atoms with Crippen LogP contribution in [0.1, 0.15) is 10.4 Å². The van der Waals surface area contributed by atoms with E-state index in [1.165, 1.54) is 25.1 Å². The highest BCUT2D eigenvalue weighted by molar-refractivity contribution is 7.98. The number of benzene rings is 1. The number of carboxylic acid groups (broad SMARTS) is 1. The molecule has 0 spiro atoms. The molecule has 6 nitrogen and oxygen atoms in total. The second kappa shape index (κ2) is 6.80. The molecule has 0 saturated heterocycles. The Balaban J connectivity index is 2.41. The van der Waals surface area contributed by atoms with Crippen molar-refractivity contribution < 1.29 is 19.0 Å². The van der Waals surface area contributed by atoms with Crippen molar-refractivity contribution in [2.45, 2.75) is 5.03 Å². The van der Waals surface area contributed by atoms with Crippen molar-refractivity contribution in [1.82, 2.24) is 9.97 Å². The fourth-order valence-electron chi connectivity index (χ4n) is 1.66. The van der Waals surface area contributed by atoms with E-state index in [0.717, 1.165) is 12.1 Å². The lowest BCUT2D eigenvalue weighted by Gasteiger charge is -2.12. The zero-order valence-corrected chi connectivity index (χ0v) is 13.1. The minimum absolute atomic E-state index is 0.156. The minimum atomic E-state index is -1.38. The number of thioether (sulfide) groups is 1. The summed E-state index contributed by atoms with van der Waals surface area (Å²) in [6.07, 6.45) is 3.22. The first-order chi connectivity index (χ1) is 10.5. The molecule has 1 heterocycles. The normalized spacial score (nSPS) is 10.4. The van der Waals surface area contributed by atoms with Gasteiger partial charge in [0.15, 0.2) is 0 Å². The second-order valence-electron chi connectivity index (χ2n) is 4.01. The van der Waals surface area contributed by atoms with Crippen LogP contribution in [-0.2, 0) is 0 Å². The van der Waals surface area contributed by atoms with E-state index in [9.17, 15) is 9.18 Å². The predicted molar refractivity (Wildman–Crippen MR) is 82.0 cm³/mol. The van der Waals surface area contributed by atoms with Gasteiger partial charge in [0.05, 0.1) is 29.6 Å². The maximum atomic E-state index is 13.8. The molecule has 0 radical (unpaired) electrons. The average molecular weight is 344 g/mol. The molecular formula is C13H11ClFN3O3S. The molecule has 9 heteroatoms. The van der Waals surface area contributed by atoms with Crippen molar-refractivity contribution in [2.24, 2.45) is 0 Å². The molecule has 0 amide bonds. The van der Waals surface area contributed by atoms with Gasteiger partial charge in [0, 0.05) is 6.07 Å². The van der Waals surface area contributed by atoms with Crippen LogP contribution in [0, 0.1) is 5.82 Å². The SMILES string of the molecule is COc1cc(C(=O)O)c(F)cc1Nc1ncc(Cl)c(SC)n1. The molecule has 2 rings (SSSR count). The number of nitrogens with one attached hydrogen (secondary N) is 1. The molecule has 0 fully saturated rings. The molecule has 0 aliphatic rings. The maximum Gasteiger partial charge on any atom is 0.338 e. The predicted octanol–water partition coefficient (Wildman–Crippen LogP) is 3.44. The lowest BCUT2D eigenvalue weighted by Crippen LogP contribution is -2.05. The topological polar surface area (TPSA) is 84.3 Å². The second-order valence-corrected chi connectivity index (χ2v) is 5.22. The Morgan fingerprint density at radius 3 is 2.82 bits per heavy atom. The lowest BCUT2D eigenvalue weighted by atomic mass is 10.1. The van der Waals surface area contributed by atoms with Crippen molar-refractivity contribution in [2.75, 3.05) is 18.7 Å². The first-order valence-electron chi connectivity index (χ1n) is 5.90. The highest BCUT2D eigenvalue weighted by Crippen LogP contribution is 2.31. The number of hydrogen-bond donors (Lipinski definition) is 2. The summed E-state index contributed by atoms with van der Waals surface area (Å²) in [4.78, 5) is 19.1. The molecule has 1 aromatic heterocycles. The molecule has 2 N–H and O–H groups in total. The van der Waals surface area contributed by atoms with Crippen molar-refractivity contribution in [3.63, 3.8) is 0 Å². The van der Waals surface area contributed by atoms with E-state index < -0.39 is 17.3 Å². The van der Waals surface area contributed by atoms with Gasteiger partial charge >= 0.3 is 5.97 Å². The van der Waals surface area contributed by atoms with Gasteiger partial charge in [-0.2, -0.15) is 0 Å². The molecule has 0 saturated carbocycles. The Kier molecular flexibility index (Phi) is 5.04. The number of aromatic nitrogens is 2. The number of ether oxygens (including phenoxy) is 1. The third kappa shape index (κ3) is 3.40. The largest absolute Gasteiger partial charge is 0.495 e. The summed E-state index contributed by atoms with van der Waals surface area (Å²) in [5.74, 6) is -1.93. The first-order valence-corrected chi connectivity index (χ1v) is 7.51. The summed E-state index contributed by atoms with van der Waals surface area (Å²) < 4.78 is 18.9. The van der Waals surface area contributed by atoms with Gasteiger partial charge in [0.2, 0.25) is 5.95 Å². The Hall–Kier alpha value is -2.06. The number of methoxy groups -OCH3 is 1. The number of carbonyl (C=O) groups is 1. The standard InChI is InChI=1S/C13H11ClFN3O3S/c1-21-10-3-6(12(19)20)8(15)4-9(10)17-13-16-5-7(14)11(18-13)22-2/h3-5H,1-2H3,(H,19,20)(H,16,17,18). The van der Waals surface area contributed by atoms with E-state index >= 15 is 0 Å². The van der Waals surface area contributed by atoms with E-state index in [-0.39, 0.29) is 17.4 Å². The van der Waals surface area contributed by atoms with Crippen LogP contribution in [0.25, 0.3) is 0 Å². The third-order valence-electron chi connectivity index (χ3n) is 2.67. The van der Waals surface area contributed by atoms with E-state index in [4.69, 9.17) is 21.4 Å². The maximum absolute atomic E-state index is 13.8. The molecule has 0 aliphatic heterocycles. The highest BCUT2D eigenvalue weighted by atomic mass is 35.5. The number of aromatic carboxylic acids is 1. The fourth-order valence-corrected chi connectivity index (χ4v) is 2.41. The van der Waals surface area contributed by atoms with Gasteiger partial charge in [-0.3, -0.25) is 0 Å². The zero-order chi connectivity index (χ0) is 16.3. The summed E-state index contributed by atoms with van der Waals surface area (Å²) in [6, 6.07) is 2.10. The van der Waals surface area contributed by atoms with Crippen LogP contribution in [0.15, 0.2) is 23.4 Å². The highest BCUT2D eigenvalue weighted by Gasteiger charge is 2.16. The quantitative estimate of drug-likeness (QED) is 0.635. The smallest absolute Gasteiger partial charge is 0.338 e. The summed E-state index contributed by atoms with van der Waals surface area (Å²) in [5.41, 5.74) is -0.274. The fraction of sp³-hybridized carbons (Fsp3) is 0.154. The molecule has 116 valence electrons. The lowest BCUT2D eigenvalue weighted by molar-refractivity contribution is 0.0691. The summed E-state index contributed by atoms with van der Waals surface area (Å²) in [7, 11) is 1.35. The third-order valence-corrected chi connectivity index (χ3v) is 3.76. The van der Waals surface area contributed by atoms with Crippen LogP contribution in [0.4, 0.5) is 16.0 Å². The summed E-state index contributed by atoms with van der Waals surface area (Å²) in [6.45, 7) is 0. The molecule has 2 aromatic rings. The van der Waals surface area contributed by atoms with E-state index in [2.05, 4.69) is 15.3 Å². The Labute approximate surface area is 134 Å². The number of halogens is 2. The van der Waals surface area contributed by atoms with E-state index in [1.54, 1.807) is 6.26 Å². The van der Waals surface area contributed by atoms with Crippen LogP contribution < -0.4 is 10.1 Å². The van der Waals surface area contributed by atoms with Crippen molar-refractivity contribution >= 4 is 41.0 Å². The van der Waals surface area contributed by atoms with Gasteiger partial charge in [-0.05, 0) is 12.3 Å². The minimum Gasteiger partial charge on any atom is -0.495 e. The molecule has 1 aromatic carbocycles. The monoisotopic (exact) mass is 343 g/mol. The number of rotatable bonds is 5. The van der Waals surface area contributed by atoms with Gasteiger partial charge < -0.3 is 15.2 Å². The Morgan fingerprint density at radius 2 is 2.23 bits per heavy atom. The van der Waals surface area contributed by atoms with E-state index in [1.807, 2.05) is 0 Å². The summed E-state index contributed by atoms with van der Waals surface area (Å²) in [5, 5.41) is 12.6. The van der Waals surface area contributed by atoms with Crippen LogP contribution in [0.3, 0.4) is 0 Å². The van der Waals surface area contributed by atoms with Crippen molar-refractivity contribution in [3.8, 4) is 5.75 Å². The number of hydrogen-bond acceptors (Lipinski definition) is 6. The molecular weight excluding hydrogens is 333 g/mol. The zero-order valence-electron chi connectivity index (χ0n) is 11.6. The van der Waals surface area contributed by atoms with Gasteiger partial charge in [-0.25, -0.2) is 19.2 Å². The molecule has 0 unspecified atom stereocenters. The van der Waals surface area contributed by atoms with E-state index in [0.29, 0.717) is 10.0 Å². The van der Waals surface area contributed by atoms with Crippen LogP contribution in [0.2, 0.25) is 5.02 Å². The molecule has 0 bridgehead atoms. The van der Waals surface area contributed by atoms with Crippen molar-refractivity contribution in [1.29, 1.82) is 0 Å². The van der Waals surface area contributed by atoms with Gasteiger partial charge in [0.1, 0.15) is 16.6 Å². The number of carboxylic acids is 1. The number of nitrogens with zero attached hydrogens (tertiary/aromatic N) is 2. The Bertz CT molecular complexity index is 730.